The molecule has 0 saturated carbocycles. The van der Waals surface area contributed by atoms with Crippen LogP contribution in [0.5, 0.6) is 0 Å². The number of alkyl halides is 3. The Morgan fingerprint density at radius 1 is 0.906 bits per heavy atom. The smallest absolute Gasteiger partial charge is 0.379 e. The van der Waals surface area contributed by atoms with Crippen LogP contribution in [0.4, 0.5) is 24.5 Å². The van der Waals surface area contributed by atoms with Crippen LogP contribution in [0.1, 0.15) is 42.2 Å². The lowest BCUT2D eigenvalue weighted by molar-refractivity contribution is -0.137. The number of aldehydes is 1. The van der Waals surface area contributed by atoms with Gasteiger partial charge in [-0.1, -0.05) is 24.3 Å². The largest absolute Gasteiger partial charge is 0.416 e. The minimum Gasteiger partial charge on any atom is -0.379 e. The van der Waals surface area contributed by atoms with Gasteiger partial charge in [0.1, 0.15) is 6.29 Å². The number of benzene rings is 3. The van der Waals surface area contributed by atoms with Gasteiger partial charge in [-0.15, -0.1) is 0 Å². The summed E-state index contributed by atoms with van der Waals surface area (Å²) in [6.45, 7) is 7.88. The number of hydrogen-bond donors (Lipinski definition) is 3. The van der Waals surface area contributed by atoms with E-state index in [0.29, 0.717) is 39.9 Å². The first kappa shape index (κ1) is 39.4. The van der Waals surface area contributed by atoms with Crippen molar-refractivity contribution in [2.24, 2.45) is 0 Å². The van der Waals surface area contributed by atoms with E-state index in [1.807, 2.05) is 30.9 Å². The summed E-state index contributed by atoms with van der Waals surface area (Å²) < 4.78 is 44.5. The van der Waals surface area contributed by atoms with Crippen molar-refractivity contribution in [1.82, 2.24) is 20.5 Å². The standard InChI is InChI=1S/C32H27F3N4O3S.C7H16N2O/c33-32(34,35)25-6-2-3-21(16-25)19-37-30(41)24-9-10-36-29(17-24)27-18-26(39-11-13-43-14-12-39)7-8-28(27)38-31(42)23-5-1-4-22(15-23)20-40;1-8-2-3-9-4-6-10-7-5-9/h1-10,15-18,20H,11-14,19H2,(H,37,41)(H,38,42);8H,2-7H2,1H3. The Bertz CT molecular complexity index is 1850. The van der Waals surface area contributed by atoms with E-state index in [1.165, 1.54) is 30.5 Å². The summed E-state index contributed by atoms with van der Waals surface area (Å²) in [5.74, 6) is 1.07. The van der Waals surface area contributed by atoms with Crippen molar-refractivity contribution in [3.63, 3.8) is 0 Å². The zero-order valence-electron chi connectivity index (χ0n) is 29.5. The van der Waals surface area contributed by atoms with Gasteiger partial charge in [0.2, 0.25) is 0 Å². The highest BCUT2D eigenvalue weighted by atomic mass is 32.2. The van der Waals surface area contributed by atoms with Gasteiger partial charge in [-0.25, -0.2) is 0 Å². The molecule has 0 aliphatic carbocycles. The number of morpholine rings is 1. The summed E-state index contributed by atoms with van der Waals surface area (Å²) in [5.41, 5.74) is 2.88. The summed E-state index contributed by atoms with van der Waals surface area (Å²) in [6.07, 6.45) is -2.34. The van der Waals surface area contributed by atoms with Crippen molar-refractivity contribution in [1.29, 1.82) is 0 Å². The Balaban J connectivity index is 0.000000469. The van der Waals surface area contributed by atoms with E-state index in [2.05, 4.69) is 30.7 Å². The molecular formula is C39H43F3N6O4S. The molecule has 0 bridgehead atoms. The topological polar surface area (TPSA) is 116 Å². The van der Waals surface area contributed by atoms with Crippen LogP contribution in [0.3, 0.4) is 0 Å². The zero-order valence-corrected chi connectivity index (χ0v) is 30.3. The molecule has 2 amide bonds. The van der Waals surface area contributed by atoms with E-state index in [4.69, 9.17) is 4.74 Å². The highest BCUT2D eigenvalue weighted by Gasteiger charge is 2.30. The number of thioether (sulfide) groups is 1. The molecule has 0 unspecified atom stereocenters. The monoisotopic (exact) mass is 748 g/mol. The molecule has 2 fully saturated rings. The maximum Gasteiger partial charge on any atom is 0.416 e. The molecule has 3 N–H and O–H groups in total. The number of nitrogens with one attached hydrogen (secondary N) is 3. The molecule has 53 heavy (non-hydrogen) atoms. The molecule has 2 saturated heterocycles. The molecule has 4 aromatic rings. The first-order valence-corrected chi connectivity index (χ1v) is 18.5. The predicted molar refractivity (Wildman–Crippen MR) is 203 cm³/mol. The average molecular weight is 749 g/mol. The number of aromatic nitrogens is 1. The van der Waals surface area contributed by atoms with Gasteiger partial charge in [0.25, 0.3) is 11.8 Å². The van der Waals surface area contributed by atoms with E-state index >= 15 is 0 Å². The van der Waals surface area contributed by atoms with Crippen LogP contribution in [-0.4, -0.2) is 99.0 Å². The van der Waals surface area contributed by atoms with Gasteiger partial charge in [0.05, 0.1) is 30.2 Å². The molecule has 0 spiro atoms. The summed E-state index contributed by atoms with van der Waals surface area (Å²) in [5, 5.41) is 8.71. The van der Waals surface area contributed by atoms with E-state index < -0.39 is 23.6 Å². The number of pyridine rings is 1. The van der Waals surface area contributed by atoms with Crippen molar-refractivity contribution in [3.05, 3.63) is 113 Å². The van der Waals surface area contributed by atoms with Crippen molar-refractivity contribution >= 4 is 41.2 Å². The summed E-state index contributed by atoms with van der Waals surface area (Å²) in [7, 11) is 1.99. The second kappa shape index (κ2) is 19.4. The molecule has 3 heterocycles. The van der Waals surface area contributed by atoms with Gasteiger partial charge in [-0.2, -0.15) is 24.9 Å². The molecule has 3 aromatic carbocycles. The Kier molecular flexibility index (Phi) is 14.4. The summed E-state index contributed by atoms with van der Waals surface area (Å²) >= 11 is 1.88. The molecule has 1 aromatic heterocycles. The molecule has 14 heteroatoms. The Morgan fingerprint density at radius 3 is 2.40 bits per heavy atom. The average Bonchev–Trinajstić information content (AvgIpc) is 3.20. The lowest BCUT2D eigenvalue weighted by Crippen LogP contribution is -2.39. The van der Waals surface area contributed by atoms with E-state index in [1.54, 1.807) is 30.3 Å². The Labute approximate surface area is 311 Å². The van der Waals surface area contributed by atoms with E-state index in [-0.39, 0.29) is 12.1 Å². The number of amides is 2. The maximum atomic E-state index is 13.1. The molecule has 0 radical (unpaired) electrons. The zero-order chi connectivity index (χ0) is 37.6. The number of hydrogen-bond acceptors (Lipinski definition) is 9. The van der Waals surface area contributed by atoms with Gasteiger partial charge in [-0.3, -0.25) is 24.3 Å². The van der Waals surface area contributed by atoms with Crippen molar-refractivity contribution in [3.8, 4) is 11.3 Å². The highest BCUT2D eigenvalue weighted by Crippen LogP contribution is 2.33. The number of ether oxygens (including phenoxy) is 1. The number of anilines is 2. The van der Waals surface area contributed by atoms with E-state index in [0.717, 1.165) is 81.8 Å². The quantitative estimate of drug-likeness (QED) is 0.163. The van der Waals surface area contributed by atoms with Crippen molar-refractivity contribution in [2.75, 3.05) is 81.3 Å². The number of carbonyl (C=O) groups excluding carboxylic acids is 3. The first-order valence-electron chi connectivity index (χ1n) is 17.3. The SMILES string of the molecule is CNCCN1CCOCC1.O=Cc1cccc(C(=O)Nc2ccc(N3CCSCC3)cc2-c2cc(C(=O)NCc3cccc(C(F)(F)F)c3)ccn2)c1. The third-order valence-corrected chi connectivity index (χ3v) is 9.64. The van der Waals surface area contributed by atoms with Crippen LogP contribution in [0.15, 0.2) is 85.1 Å². The van der Waals surface area contributed by atoms with Crippen LogP contribution >= 0.6 is 11.8 Å². The number of nitrogens with zero attached hydrogens (tertiary/aromatic N) is 3. The number of rotatable bonds is 11. The fourth-order valence-electron chi connectivity index (χ4n) is 5.77. The number of carbonyl (C=O) groups is 3. The Hall–Kier alpha value is -4.76. The second-order valence-electron chi connectivity index (χ2n) is 12.4. The normalized spacial score (nSPS) is 14.8. The molecule has 0 atom stereocenters. The lowest BCUT2D eigenvalue weighted by atomic mass is 10.0. The molecule has 10 nitrogen and oxygen atoms in total. The fourth-order valence-corrected chi connectivity index (χ4v) is 6.68. The van der Waals surface area contributed by atoms with Crippen LogP contribution in [0.25, 0.3) is 11.3 Å². The van der Waals surface area contributed by atoms with Gasteiger partial charge in [0.15, 0.2) is 0 Å². The van der Waals surface area contributed by atoms with Gasteiger partial charge < -0.3 is 25.6 Å². The van der Waals surface area contributed by atoms with Crippen LogP contribution in [0, 0.1) is 0 Å². The third-order valence-electron chi connectivity index (χ3n) is 8.70. The van der Waals surface area contributed by atoms with E-state index in [9.17, 15) is 27.6 Å². The number of halogens is 3. The molecule has 6 rings (SSSR count). The summed E-state index contributed by atoms with van der Waals surface area (Å²) in [4.78, 5) is 46.5. The minimum atomic E-state index is -4.48. The third kappa shape index (κ3) is 11.6. The van der Waals surface area contributed by atoms with Crippen molar-refractivity contribution < 1.29 is 32.3 Å². The summed E-state index contributed by atoms with van der Waals surface area (Å²) in [6, 6.07) is 19.8. The van der Waals surface area contributed by atoms with Crippen LogP contribution < -0.4 is 20.9 Å². The minimum absolute atomic E-state index is 0.0932. The van der Waals surface area contributed by atoms with Gasteiger partial charge in [0, 0.05) is 91.5 Å². The fraction of sp³-hybridized carbons (Fsp3) is 0.333. The molecular weight excluding hydrogens is 706 g/mol. The van der Waals surface area contributed by atoms with Gasteiger partial charge >= 0.3 is 6.18 Å². The Morgan fingerprint density at radius 2 is 1.66 bits per heavy atom. The van der Waals surface area contributed by atoms with Crippen LogP contribution in [-0.2, 0) is 17.5 Å². The van der Waals surface area contributed by atoms with Gasteiger partial charge in [-0.05, 0) is 67.2 Å². The molecule has 280 valence electrons. The maximum absolute atomic E-state index is 13.1. The second-order valence-corrected chi connectivity index (χ2v) is 13.6. The molecule has 2 aliphatic rings. The van der Waals surface area contributed by atoms with Crippen molar-refractivity contribution in [2.45, 2.75) is 12.7 Å². The van der Waals surface area contributed by atoms with Crippen LogP contribution in [0.2, 0.25) is 0 Å². The number of likely N-dealkylation sites (N-methyl/N-ethyl adjacent to an activating group) is 1. The lowest BCUT2D eigenvalue weighted by Gasteiger charge is -2.29. The highest BCUT2D eigenvalue weighted by molar-refractivity contribution is 7.99. The predicted octanol–water partition coefficient (Wildman–Crippen LogP) is 5.85. The first-order chi connectivity index (χ1) is 25.6. The molecule has 2 aliphatic heterocycles.